The number of benzene rings is 2. The van der Waals surface area contributed by atoms with Crippen LogP contribution in [-0.4, -0.2) is 17.0 Å². The van der Waals surface area contributed by atoms with Crippen molar-refractivity contribution in [2.45, 2.75) is 20.4 Å². The first-order valence-electron chi connectivity index (χ1n) is 7.54. The highest BCUT2D eigenvalue weighted by atomic mass is 35.5. The number of hydrogen-bond donors (Lipinski definition) is 0. The Labute approximate surface area is 140 Å². The topological polar surface area (TPSA) is 31.2 Å². The second-order valence-electron chi connectivity index (χ2n) is 5.57. The molecule has 0 radical (unpaired) electrons. The van der Waals surface area contributed by atoms with E-state index in [1.165, 1.54) is 0 Å². The molecule has 4 heteroatoms. The van der Waals surface area contributed by atoms with Gasteiger partial charge in [0.15, 0.2) is 5.78 Å². The van der Waals surface area contributed by atoms with Gasteiger partial charge in [-0.3, -0.25) is 4.79 Å². The SMILES string of the molecule is CC(=O)c1cn(CCOc2ccc(Cl)c(C)c2)c2ccccc12. The number of ketones is 1. The number of hydrogen-bond acceptors (Lipinski definition) is 2. The van der Waals surface area contributed by atoms with Crippen LogP contribution in [0.4, 0.5) is 0 Å². The van der Waals surface area contributed by atoms with Gasteiger partial charge in [0.2, 0.25) is 0 Å². The standard InChI is InChI=1S/C19H18ClNO2/c1-13-11-15(7-8-18(13)20)23-10-9-21-12-17(14(2)22)16-5-3-4-6-19(16)21/h3-8,11-12H,9-10H2,1-2H3. The summed E-state index contributed by atoms with van der Waals surface area (Å²) in [6.07, 6.45) is 1.91. The Balaban J connectivity index is 1.77. The van der Waals surface area contributed by atoms with Gasteiger partial charge in [0.1, 0.15) is 12.4 Å². The molecular formula is C19H18ClNO2. The van der Waals surface area contributed by atoms with Gasteiger partial charge in [0.05, 0.1) is 6.54 Å². The van der Waals surface area contributed by atoms with Crippen LogP contribution >= 0.6 is 11.6 Å². The smallest absolute Gasteiger partial charge is 0.161 e. The highest BCUT2D eigenvalue weighted by molar-refractivity contribution is 6.31. The normalized spacial score (nSPS) is 10.9. The molecule has 0 aliphatic carbocycles. The van der Waals surface area contributed by atoms with Gasteiger partial charge in [0.25, 0.3) is 0 Å². The average Bonchev–Trinajstić information content (AvgIpc) is 2.90. The van der Waals surface area contributed by atoms with Crippen LogP contribution in [0.15, 0.2) is 48.7 Å². The summed E-state index contributed by atoms with van der Waals surface area (Å²) in [5.41, 5.74) is 2.80. The average molecular weight is 328 g/mol. The third-order valence-corrected chi connectivity index (χ3v) is 4.32. The van der Waals surface area contributed by atoms with Crippen LogP contribution in [-0.2, 0) is 6.54 Å². The van der Waals surface area contributed by atoms with E-state index in [1.807, 2.05) is 55.6 Å². The summed E-state index contributed by atoms with van der Waals surface area (Å²) in [4.78, 5) is 11.8. The number of ether oxygens (including phenoxy) is 1. The van der Waals surface area contributed by atoms with E-state index in [0.29, 0.717) is 13.2 Å². The maximum atomic E-state index is 11.8. The zero-order chi connectivity index (χ0) is 16.4. The van der Waals surface area contributed by atoms with E-state index >= 15 is 0 Å². The first-order chi connectivity index (χ1) is 11.1. The number of carbonyl (C=O) groups is 1. The van der Waals surface area contributed by atoms with E-state index in [2.05, 4.69) is 4.57 Å². The number of halogens is 1. The number of fused-ring (bicyclic) bond motifs is 1. The maximum Gasteiger partial charge on any atom is 0.161 e. The molecule has 0 fully saturated rings. The zero-order valence-corrected chi connectivity index (χ0v) is 13.9. The van der Waals surface area contributed by atoms with Crippen molar-refractivity contribution in [1.82, 2.24) is 4.57 Å². The molecule has 0 saturated carbocycles. The minimum atomic E-state index is 0.0780. The summed E-state index contributed by atoms with van der Waals surface area (Å²) in [5.74, 6) is 0.879. The summed E-state index contributed by atoms with van der Waals surface area (Å²) in [7, 11) is 0. The molecule has 0 spiro atoms. The van der Waals surface area contributed by atoms with E-state index < -0.39 is 0 Å². The molecule has 118 valence electrons. The molecule has 3 rings (SSSR count). The van der Waals surface area contributed by atoms with Gasteiger partial charge in [-0.05, 0) is 43.7 Å². The molecule has 0 unspecified atom stereocenters. The molecule has 0 saturated heterocycles. The predicted molar refractivity (Wildman–Crippen MR) is 93.6 cm³/mol. The van der Waals surface area contributed by atoms with Crippen molar-refractivity contribution in [3.63, 3.8) is 0 Å². The van der Waals surface area contributed by atoms with E-state index in [0.717, 1.165) is 32.8 Å². The van der Waals surface area contributed by atoms with Crippen LogP contribution in [0.1, 0.15) is 22.8 Å². The number of nitrogens with zero attached hydrogens (tertiary/aromatic N) is 1. The Morgan fingerprint density at radius 1 is 1.22 bits per heavy atom. The molecule has 23 heavy (non-hydrogen) atoms. The fourth-order valence-electron chi connectivity index (χ4n) is 2.68. The summed E-state index contributed by atoms with van der Waals surface area (Å²) in [6, 6.07) is 13.6. The second kappa shape index (κ2) is 6.47. The third kappa shape index (κ3) is 3.25. The quantitative estimate of drug-likeness (QED) is 0.625. The molecule has 2 aromatic carbocycles. The number of aryl methyl sites for hydroxylation is 1. The number of para-hydroxylation sites is 1. The lowest BCUT2D eigenvalue weighted by Gasteiger charge is -2.09. The Bertz CT molecular complexity index is 867. The number of rotatable bonds is 5. The van der Waals surface area contributed by atoms with Crippen molar-refractivity contribution in [3.05, 3.63) is 64.8 Å². The molecule has 3 aromatic rings. The molecule has 0 atom stereocenters. The first-order valence-corrected chi connectivity index (χ1v) is 7.92. The molecule has 0 N–H and O–H groups in total. The Morgan fingerprint density at radius 2 is 2.00 bits per heavy atom. The summed E-state index contributed by atoms with van der Waals surface area (Å²) >= 11 is 6.02. The van der Waals surface area contributed by atoms with Crippen molar-refractivity contribution in [1.29, 1.82) is 0 Å². The van der Waals surface area contributed by atoms with Gasteiger partial charge in [-0.1, -0.05) is 29.8 Å². The van der Waals surface area contributed by atoms with Gasteiger partial charge >= 0.3 is 0 Å². The second-order valence-corrected chi connectivity index (χ2v) is 5.98. The monoisotopic (exact) mass is 327 g/mol. The van der Waals surface area contributed by atoms with Crippen LogP contribution in [0.2, 0.25) is 5.02 Å². The number of carbonyl (C=O) groups excluding carboxylic acids is 1. The lowest BCUT2D eigenvalue weighted by molar-refractivity contribution is 0.101. The van der Waals surface area contributed by atoms with E-state index in [-0.39, 0.29) is 5.78 Å². The Morgan fingerprint density at radius 3 is 2.74 bits per heavy atom. The largest absolute Gasteiger partial charge is 0.492 e. The molecule has 1 aromatic heterocycles. The summed E-state index contributed by atoms with van der Waals surface area (Å²) in [6.45, 7) is 4.75. The van der Waals surface area contributed by atoms with Crippen molar-refractivity contribution >= 4 is 28.3 Å². The van der Waals surface area contributed by atoms with Gasteiger partial charge in [-0.15, -0.1) is 0 Å². The molecule has 0 amide bonds. The third-order valence-electron chi connectivity index (χ3n) is 3.90. The van der Waals surface area contributed by atoms with E-state index in [9.17, 15) is 4.79 Å². The van der Waals surface area contributed by atoms with Gasteiger partial charge in [-0.25, -0.2) is 0 Å². The Hall–Kier alpha value is -2.26. The van der Waals surface area contributed by atoms with E-state index in [1.54, 1.807) is 6.92 Å². The fourth-order valence-corrected chi connectivity index (χ4v) is 2.80. The minimum Gasteiger partial charge on any atom is -0.492 e. The fraction of sp³-hybridized carbons (Fsp3) is 0.211. The molecule has 0 bridgehead atoms. The van der Waals surface area contributed by atoms with Crippen molar-refractivity contribution in [3.8, 4) is 5.75 Å². The molecule has 1 heterocycles. The minimum absolute atomic E-state index is 0.0780. The molecular weight excluding hydrogens is 310 g/mol. The van der Waals surface area contributed by atoms with Crippen LogP contribution in [0.3, 0.4) is 0 Å². The van der Waals surface area contributed by atoms with Gasteiger partial charge < -0.3 is 9.30 Å². The number of aromatic nitrogens is 1. The summed E-state index contributed by atoms with van der Waals surface area (Å²) in [5, 5.41) is 1.72. The van der Waals surface area contributed by atoms with E-state index in [4.69, 9.17) is 16.3 Å². The summed E-state index contributed by atoms with van der Waals surface area (Å²) < 4.78 is 7.86. The lowest BCUT2D eigenvalue weighted by atomic mass is 10.1. The number of Topliss-reactive ketones (excluding diaryl/α,β-unsaturated/α-hetero) is 1. The highest BCUT2D eigenvalue weighted by Gasteiger charge is 2.11. The van der Waals surface area contributed by atoms with Crippen LogP contribution in [0.5, 0.6) is 5.75 Å². The van der Waals surface area contributed by atoms with Crippen LogP contribution in [0.25, 0.3) is 10.9 Å². The molecule has 0 aliphatic heterocycles. The predicted octanol–water partition coefficient (Wildman–Crippen LogP) is 4.88. The maximum absolute atomic E-state index is 11.8. The van der Waals surface area contributed by atoms with Crippen molar-refractivity contribution in [2.24, 2.45) is 0 Å². The van der Waals surface area contributed by atoms with Gasteiger partial charge in [-0.2, -0.15) is 0 Å². The highest BCUT2D eigenvalue weighted by Crippen LogP contribution is 2.23. The van der Waals surface area contributed by atoms with Crippen molar-refractivity contribution in [2.75, 3.05) is 6.61 Å². The zero-order valence-electron chi connectivity index (χ0n) is 13.2. The molecule has 3 nitrogen and oxygen atoms in total. The lowest BCUT2D eigenvalue weighted by Crippen LogP contribution is -2.07. The van der Waals surface area contributed by atoms with Crippen molar-refractivity contribution < 1.29 is 9.53 Å². The van der Waals surface area contributed by atoms with Crippen LogP contribution < -0.4 is 4.74 Å². The van der Waals surface area contributed by atoms with Gasteiger partial charge in [0, 0.05) is 27.7 Å². The molecule has 0 aliphatic rings. The van der Waals surface area contributed by atoms with Crippen LogP contribution in [0, 0.1) is 6.92 Å². The first kappa shape index (κ1) is 15.6. The Kier molecular flexibility index (Phi) is 4.39.